The van der Waals surface area contributed by atoms with E-state index >= 15 is 0 Å². The van der Waals surface area contributed by atoms with Gasteiger partial charge in [-0.15, -0.1) is 11.8 Å². The van der Waals surface area contributed by atoms with E-state index in [0.29, 0.717) is 21.7 Å². The summed E-state index contributed by atoms with van der Waals surface area (Å²) in [6.45, 7) is 3.35. The summed E-state index contributed by atoms with van der Waals surface area (Å²) < 4.78 is 14.0. The zero-order valence-electron chi connectivity index (χ0n) is 12.8. The van der Waals surface area contributed by atoms with Gasteiger partial charge in [-0.1, -0.05) is 6.07 Å². The number of rotatable bonds is 4. The molecule has 0 aliphatic heterocycles. The molecule has 0 atom stereocenters. The molecule has 0 unspecified atom stereocenters. The molecule has 0 spiro atoms. The zero-order valence-corrected chi connectivity index (χ0v) is 13.7. The number of hydrogen-bond donors (Lipinski definition) is 1. The first-order valence-electron chi connectivity index (χ1n) is 6.74. The summed E-state index contributed by atoms with van der Waals surface area (Å²) in [5.74, 6) is -1.26. The van der Waals surface area contributed by atoms with Crippen molar-refractivity contribution in [2.75, 3.05) is 11.6 Å². The van der Waals surface area contributed by atoms with Gasteiger partial charge in [0.05, 0.1) is 16.2 Å². The first-order valence-corrected chi connectivity index (χ1v) is 7.97. The molecule has 0 saturated carbocycles. The van der Waals surface area contributed by atoms with Gasteiger partial charge in [0.15, 0.2) is 0 Å². The van der Waals surface area contributed by atoms with Crippen LogP contribution in [0.1, 0.15) is 21.5 Å². The second-order valence-corrected chi connectivity index (χ2v) is 5.83. The van der Waals surface area contributed by atoms with Crippen molar-refractivity contribution in [3.63, 3.8) is 0 Å². The predicted octanol–water partition coefficient (Wildman–Crippen LogP) is 4.32. The molecule has 0 saturated heterocycles. The Balaban J connectivity index is 2.42. The lowest BCUT2D eigenvalue weighted by atomic mass is 10.1. The van der Waals surface area contributed by atoms with E-state index in [1.165, 1.54) is 30.0 Å². The summed E-state index contributed by atoms with van der Waals surface area (Å²) in [6, 6.07) is 7.29. The number of nitro benzene ring substituents is 1. The van der Waals surface area contributed by atoms with Gasteiger partial charge in [-0.05, 0) is 43.9 Å². The van der Waals surface area contributed by atoms with Crippen molar-refractivity contribution in [1.82, 2.24) is 0 Å². The molecule has 2 aromatic carbocycles. The van der Waals surface area contributed by atoms with Gasteiger partial charge in [0.1, 0.15) is 5.82 Å². The number of carbonyl (C=O) groups is 1. The molecular formula is C16H15FN2O3S. The lowest BCUT2D eigenvalue weighted by Gasteiger charge is -2.12. The van der Waals surface area contributed by atoms with Gasteiger partial charge in [-0.3, -0.25) is 14.9 Å². The number of nitrogens with one attached hydrogen (secondary N) is 1. The van der Waals surface area contributed by atoms with E-state index in [1.54, 1.807) is 32.2 Å². The van der Waals surface area contributed by atoms with E-state index in [9.17, 15) is 19.3 Å². The number of amides is 1. The maximum absolute atomic E-state index is 14.0. The lowest BCUT2D eigenvalue weighted by molar-refractivity contribution is -0.385. The van der Waals surface area contributed by atoms with Crippen molar-refractivity contribution in [3.8, 4) is 0 Å². The number of nitro groups is 1. The highest BCUT2D eigenvalue weighted by Crippen LogP contribution is 2.28. The van der Waals surface area contributed by atoms with Crippen molar-refractivity contribution in [3.05, 3.63) is 63.0 Å². The minimum atomic E-state index is -0.631. The van der Waals surface area contributed by atoms with Crippen LogP contribution in [0.5, 0.6) is 0 Å². The van der Waals surface area contributed by atoms with Gasteiger partial charge in [0.2, 0.25) is 0 Å². The molecule has 0 heterocycles. The van der Waals surface area contributed by atoms with E-state index in [4.69, 9.17) is 0 Å². The molecule has 7 heteroatoms. The Morgan fingerprint density at radius 3 is 2.57 bits per heavy atom. The van der Waals surface area contributed by atoms with Crippen LogP contribution in [0.15, 0.2) is 35.2 Å². The van der Waals surface area contributed by atoms with Crippen molar-refractivity contribution >= 4 is 29.0 Å². The lowest BCUT2D eigenvalue weighted by Crippen LogP contribution is -2.16. The van der Waals surface area contributed by atoms with E-state index in [2.05, 4.69) is 5.32 Å². The van der Waals surface area contributed by atoms with Crippen molar-refractivity contribution in [1.29, 1.82) is 0 Å². The van der Waals surface area contributed by atoms with Gasteiger partial charge in [-0.25, -0.2) is 4.39 Å². The highest BCUT2D eigenvalue weighted by molar-refractivity contribution is 7.98. The second-order valence-electron chi connectivity index (χ2n) is 4.98. The summed E-state index contributed by atoms with van der Waals surface area (Å²) in [6.07, 6.45) is 1.74. The van der Waals surface area contributed by atoms with Crippen LogP contribution in [0.25, 0.3) is 0 Å². The standard InChI is InChI=1S/C16H15FN2O3S/c1-9-7-10(2)13(19(21)22)8-12(9)18-16(20)15-11(17)5-4-6-14(15)23-3/h4-8H,1-3H3,(H,18,20). The largest absolute Gasteiger partial charge is 0.321 e. The van der Waals surface area contributed by atoms with Gasteiger partial charge in [0, 0.05) is 16.5 Å². The van der Waals surface area contributed by atoms with Crippen molar-refractivity contribution in [2.45, 2.75) is 18.7 Å². The molecule has 0 aliphatic rings. The average molecular weight is 334 g/mol. The Kier molecular flexibility index (Phi) is 5.00. The third kappa shape index (κ3) is 3.50. The first kappa shape index (κ1) is 17.0. The fourth-order valence-corrected chi connectivity index (χ4v) is 2.86. The molecule has 0 aliphatic carbocycles. The van der Waals surface area contributed by atoms with E-state index < -0.39 is 16.6 Å². The molecular weight excluding hydrogens is 319 g/mol. The summed E-state index contributed by atoms with van der Waals surface area (Å²) in [7, 11) is 0. The number of nitrogens with zero attached hydrogens (tertiary/aromatic N) is 1. The topological polar surface area (TPSA) is 72.2 Å². The minimum absolute atomic E-state index is 0.0670. The van der Waals surface area contributed by atoms with Crippen molar-refractivity contribution in [2.24, 2.45) is 0 Å². The van der Waals surface area contributed by atoms with Crippen LogP contribution in [0.3, 0.4) is 0 Å². The Morgan fingerprint density at radius 1 is 1.26 bits per heavy atom. The third-order valence-corrected chi connectivity index (χ3v) is 4.19. The maximum Gasteiger partial charge on any atom is 0.274 e. The van der Waals surface area contributed by atoms with Crippen LogP contribution in [0.2, 0.25) is 0 Å². The normalized spacial score (nSPS) is 10.4. The van der Waals surface area contributed by atoms with E-state index in [-0.39, 0.29) is 11.3 Å². The number of aryl methyl sites for hydroxylation is 2. The Bertz CT molecular complexity index is 793. The monoisotopic (exact) mass is 334 g/mol. The molecule has 120 valence electrons. The molecule has 5 nitrogen and oxygen atoms in total. The molecule has 0 aromatic heterocycles. The van der Waals surface area contributed by atoms with Gasteiger partial charge in [-0.2, -0.15) is 0 Å². The van der Waals surface area contributed by atoms with Crippen LogP contribution in [-0.2, 0) is 0 Å². The SMILES string of the molecule is CSc1cccc(F)c1C(=O)Nc1cc([N+](=O)[O-])c(C)cc1C. The van der Waals surface area contributed by atoms with Crippen molar-refractivity contribution < 1.29 is 14.1 Å². The molecule has 23 heavy (non-hydrogen) atoms. The minimum Gasteiger partial charge on any atom is -0.321 e. The molecule has 2 rings (SSSR count). The number of hydrogen-bond acceptors (Lipinski definition) is 4. The summed E-state index contributed by atoms with van der Waals surface area (Å²) >= 11 is 1.25. The Labute approximate surface area is 137 Å². The zero-order chi connectivity index (χ0) is 17.1. The summed E-state index contributed by atoms with van der Waals surface area (Å²) in [5, 5.41) is 13.6. The van der Waals surface area contributed by atoms with Crippen LogP contribution in [0.4, 0.5) is 15.8 Å². The Hall–Kier alpha value is -2.41. The molecule has 1 amide bonds. The average Bonchev–Trinajstić information content (AvgIpc) is 2.49. The number of carbonyl (C=O) groups excluding carboxylic acids is 1. The summed E-state index contributed by atoms with van der Waals surface area (Å²) in [5.41, 5.74) is 1.31. The van der Waals surface area contributed by atoms with Crippen LogP contribution < -0.4 is 5.32 Å². The number of anilines is 1. The fourth-order valence-electron chi connectivity index (χ4n) is 2.25. The highest BCUT2D eigenvalue weighted by atomic mass is 32.2. The van der Waals surface area contributed by atoms with Gasteiger partial charge in [0.25, 0.3) is 11.6 Å². The maximum atomic E-state index is 14.0. The van der Waals surface area contributed by atoms with Gasteiger partial charge < -0.3 is 5.32 Å². The molecule has 0 bridgehead atoms. The van der Waals surface area contributed by atoms with Gasteiger partial charge >= 0.3 is 0 Å². The third-order valence-electron chi connectivity index (χ3n) is 3.41. The summed E-state index contributed by atoms with van der Waals surface area (Å²) in [4.78, 5) is 23.4. The molecule has 0 fully saturated rings. The quantitative estimate of drug-likeness (QED) is 0.513. The van der Waals surface area contributed by atoms with Crippen LogP contribution in [-0.4, -0.2) is 17.1 Å². The van der Waals surface area contributed by atoms with Crippen LogP contribution in [0, 0.1) is 29.8 Å². The fraction of sp³-hybridized carbons (Fsp3) is 0.188. The Morgan fingerprint density at radius 2 is 1.96 bits per heavy atom. The highest BCUT2D eigenvalue weighted by Gasteiger charge is 2.19. The number of thioether (sulfide) groups is 1. The number of halogens is 1. The number of benzene rings is 2. The first-order chi connectivity index (χ1) is 10.8. The van der Waals surface area contributed by atoms with E-state index in [1.807, 2.05) is 0 Å². The predicted molar refractivity (Wildman–Crippen MR) is 88.7 cm³/mol. The molecule has 0 radical (unpaired) electrons. The second kappa shape index (κ2) is 6.78. The molecule has 1 N–H and O–H groups in total. The smallest absolute Gasteiger partial charge is 0.274 e. The van der Waals surface area contributed by atoms with E-state index in [0.717, 1.165) is 0 Å². The molecule has 2 aromatic rings. The van der Waals surface area contributed by atoms with Crippen LogP contribution >= 0.6 is 11.8 Å².